The molecule has 1 aromatic heterocycles. The summed E-state index contributed by atoms with van der Waals surface area (Å²) in [6.45, 7) is 8.08. The molecule has 0 bridgehead atoms. The van der Waals surface area contributed by atoms with Gasteiger partial charge in [-0.25, -0.2) is 4.98 Å². The van der Waals surface area contributed by atoms with Crippen molar-refractivity contribution >= 4 is 29.9 Å². The molecule has 1 heterocycles. The van der Waals surface area contributed by atoms with Crippen LogP contribution in [-0.2, 0) is 6.54 Å². The Hall–Kier alpha value is -2.03. The second kappa shape index (κ2) is 13.2. The molecule has 6 nitrogen and oxygen atoms in total. The molecule has 0 radical (unpaired) electrons. The Morgan fingerprint density at radius 1 is 1.04 bits per heavy atom. The number of aromatic nitrogens is 1. The zero-order chi connectivity index (χ0) is 19.5. The fourth-order valence-electron chi connectivity index (χ4n) is 2.19. The van der Waals surface area contributed by atoms with Gasteiger partial charge in [0.2, 0.25) is 5.88 Å². The molecular formula is C21H31IN4O2. The average molecular weight is 498 g/mol. The molecule has 0 aliphatic heterocycles. The Morgan fingerprint density at radius 3 is 2.36 bits per heavy atom. The zero-order valence-corrected chi connectivity index (χ0v) is 19.3. The van der Waals surface area contributed by atoms with Crippen molar-refractivity contribution in [2.45, 2.75) is 33.4 Å². The van der Waals surface area contributed by atoms with Crippen molar-refractivity contribution in [3.8, 4) is 11.6 Å². The molecule has 2 rings (SSSR count). The normalized spacial score (nSPS) is 12.1. The van der Waals surface area contributed by atoms with E-state index in [1.807, 2.05) is 42.5 Å². The molecule has 7 heteroatoms. The zero-order valence-electron chi connectivity index (χ0n) is 17.0. The molecule has 2 N–H and O–H groups in total. The van der Waals surface area contributed by atoms with Crippen molar-refractivity contribution in [1.29, 1.82) is 0 Å². The molecule has 0 saturated heterocycles. The minimum atomic E-state index is 0. The third-order valence-electron chi connectivity index (χ3n) is 4.19. The van der Waals surface area contributed by atoms with Gasteiger partial charge in [-0.2, -0.15) is 0 Å². The number of hydrogen-bond acceptors (Lipinski definition) is 4. The monoisotopic (exact) mass is 498 g/mol. The average Bonchev–Trinajstić information content (AvgIpc) is 2.70. The summed E-state index contributed by atoms with van der Waals surface area (Å²) in [5.41, 5.74) is 1.06. The molecule has 28 heavy (non-hydrogen) atoms. The van der Waals surface area contributed by atoms with E-state index in [-0.39, 0.29) is 24.0 Å². The molecule has 2 aromatic rings. The van der Waals surface area contributed by atoms with Gasteiger partial charge in [0, 0.05) is 31.9 Å². The Bertz CT molecular complexity index is 693. The Kier molecular flexibility index (Phi) is 11.3. The summed E-state index contributed by atoms with van der Waals surface area (Å²) < 4.78 is 11.2. The molecule has 0 aliphatic carbocycles. The third-order valence-corrected chi connectivity index (χ3v) is 4.19. The summed E-state index contributed by atoms with van der Waals surface area (Å²) in [7, 11) is 1.77. The summed E-state index contributed by atoms with van der Waals surface area (Å²) >= 11 is 0. The molecule has 154 valence electrons. The maximum atomic E-state index is 5.62. The van der Waals surface area contributed by atoms with Gasteiger partial charge in [0.15, 0.2) is 5.96 Å². The highest BCUT2D eigenvalue weighted by molar-refractivity contribution is 14.0. The first-order valence-corrected chi connectivity index (χ1v) is 9.31. The van der Waals surface area contributed by atoms with E-state index in [0.29, 0.717) is 37.6 Å². The van der Waals surface area contributed by atoms with Gasteiger partial charge in [-0.1, -0.05) is 38.1 Å². The quantitative estimate of drug-likeness (QED) is 0.238. The standard InChI is InChI=1S/C21H30N4O2.HI/c1-16(2)17(3)25-21(22-4)24-15-18-10-11-20(23-14-18)27-13-12-26-19-8-6-5-7-9-19;/h5-11,14,16-17H,12-13,15H2,1-4H3,(H2,22,24,25);1H. The SMILES string of the molecule is CN=C(NCc1ccc(OCCOc2ccccc2)nc1)NC(C)C(C)C.I. The van der Waals surface area contributed by atoms with Crippen molar-refractivity contribution in [2.75, 3.05) is 20.3 Å². The number of para-hydroxylation sites is 1. The number of ether oxygens (including phenoxy) is 2. The highest BCUT2D eigenvalue weighted by atomic mass is 127. The molecule has 0 spiro atoms. The lowest BCUT2D eigenvalue weighted by Crippen LogP contribution is -2.43. The summed E-state index contributed by atoms with van der Waals surface area (Å²) in [6, 6.07) is 13.9. The van der Waals surface area contributed by atoms with E-state index in [0.717, 1.165) is 17.3 Å². The van der Waals surface area contributed by atoms with Crippen molar-refractivity contribution in [3.63, 3.8) is 0 Å². The lowest BCUT2D eigenvalue weighted by atomic mass is 10.1. The van der Waals surface area contributed by atoms with E-state index in [1.165, 1.54) is 0 Å². The number of halogens is 1. The minimum absolute atomic E-state index is 0. The molecule has 1 atom stereocenters. The van der Waals surface area contributed by atoms with Crippen LogP contribution in [0, 0.1) is 5.92 Å². The first kappa shape index (κ1) is 24.0. The van der Waals surface area contributed by atoms with Gasteiger partial charge in [-0.3, -0.25) is 4.99 Å². The molecule has 0 saturated carbocycles. The number of hydrogen-bond donors (Lipinski definition) is 2. The van der Waals surface area contributed by atoms with Crippen LogP contribution in [0.3, 0.4) is 0 Å². The smallest absolute Gasteiger partial charge is 0.213 e. The predicted molar refractivity (Wildman–Crippen MR) is 125 cm³/mol. The lowest BCUT2D eigenvalue weighted by Gasteiger charge is -2.20. The number of nitrogens with zero attached hydrogens (tertiary/aromatic N) is 2. The third kappa shape index (κ3) is 8.77. The number of pyridine rings is 1. The van der Waals surface area contributed by atoms with Crippen LogP contribution >= 0.6 is 24.0 Å². The van der Waals surface area contributed by atoms with Gasteiger partial charge in [0.05, 0.1) is 0 Å². The fourth-order valence-corrected chi connectivity index (χ4v) is 2.19. The van der Waals surface area contributed by atoms with E-state index in [2.05, 4.69) is 41.4 Å². The highest BCUT2D eigenvalue weighted by Gasteiger charge is 2.08. The van der Waals surface area contributed by atoms with Gasteiger partial charge < -0.3 is 20.1 Å². The Labute approximate surface area is 185 Å². The topological polar surface area (TPSA) is 67.8 Å². The van der Waals surface area contributed by atoms with Gasteiger partial charge in [0.1, 0.15) is 19.0 Å². The van der Waals surface area contributed by atoms with Crippen molar-refractivity contribution in [1.82, 2.24) is 15.6 Å². The van der Waals surface area contributed by atoms with E-state index in [9.17, 15) is 0 Å². The van der Waals surface area contributed by atoms with Crippen LogP contribution < -0.4 is 20.1 Å². The van der Waals surface area contributed by atoms with Gasteiger partial charge in [-0.05, 0) is 30.5 Å². The van der Waals surface area contributed by atoms with Gasteiger partial charge >= 0.3 is 0 Å². The van der Waals surface area contributed by atoms with Crippen LogP contribution in [0.25, 0.3) is 0 Å². The van der Waals surface area contributed by atoms with Crippen molar-refractivity contribution < 1.29 is 9.47 Å². The highest BCUT2D eigenvalue weighted by Crippen LogP contribution is 2.10. The predicted octanol–water partition coefficient (Wildman–Crippen LogP) is 3.87. The van der Waals surface area contributed by atoms with Gasteiger partial charge in [0.25, 0.3) is 0 Å². The summed E-state index contributed by atoms with van der Waals surface area (Å²) in [5.74, 6) is 2.75. The number of aliphatic imine (C=N–C) groups is 1. The molecule has 0 aliphatic rings. The largest absolute Gasteiger partial charge is 0.490 e. The molecule has 0 amide bonds. The van der Waals surface area contributed by atoms with Crippen LogP contribution in [0.5, 0.6) is 11.6 Å². The number of guanidine groups is 1. The van der Waals surface area contributed by atoms with E-state index in [4.69, 9.17) is 9.47 Å². The maximum absolute atomic E-state index is 5.62. The van der Waals surface area contributed by atoms with Crippen LogP contribution in [0.4, 0.5) is 0 Å². The van der Waals surface area contributed by atoms with Crippen LogP contribution in [0.1, 0.15) is 26.3 Å². The number of nitrogens with one attached hydrogen (secondary N) is 2. The minimum Gasteiger partial charge on any atom is -0.490 e. The first-order chi connectivity index (χ1) is 13.1. The van der Waals surface area contributed by atoms with Gasteiger partial charge in [-0.15, -0.1) is 24.0 Å². The van der Waals surface area contributed by atoms with E-state index < -0.39 is 0 Å². The van der Waals surface area contributed by atoms with Crippen LogP contribution in [0.15, 0.2) is 53.7 Å². The maximum Gasteiger partial charge on any atom is 0.213 e. The summed E-state index contributed by atoms with van der Waals surface area (Å²) in [6.07, 6.45) is 1.81. The van der Waals surface area contributed by atoms with Crippen LogP contribution in [0.2, 0.25) is 0 Å². The lowest BCUT2D eigenvalue weighted by molar-refractivity contribution is 0.212. The number of rotatable bonds is 9. The second-order valence-corrected chi connectivity index (χ2v) is 6.62. The Morgan fingerprint density at radius 2 is 1.75 bits per heavy atom. The summed E-state index contributed by atoms with van der Waals surface area (Å²) in [5, 5.41) is 6.67. The Balaban J connectivity index is 0.00000392. The van der Waals surface area contributed by atoms with E-state index >= 15 is 0 Å². The molecular weight excluding hydrogens is 467 g/mol. The summed E-state index contributed by atoms with van der Waals surface area (Å²) in [4.78, 5) is 8.59. The molecule has 1 aromatic carbocycles. The van der Waals surface area contributed by atoms with E-state index in [1.54, 1.807) is 13.2 Å². The number of benzene rings is 1. The second-order valence-electron chi connectivity index (χ2n) is 6.62. The van der Waals surface area contributed by atoms with Crippen molar-refractivity contribution in [2.24, 2.45) is 10.9 Å². The molecule has 0 fully saturated rings. The fraction of sp³-hybridized carbons (Fsp3) is 0.429. The van der Waals surface area contributed by atoms with Crippen molar-refractivity contribution in [3.05, 3.63) is 54.2 Å². The van der Waals surface area contributed by atoms with Crippen LogP contribution in [-0.4, -0.2) is 37.2 Å². The first-order valence-electron chi connectivity index (χ1n) is 9.31. The molecule has 1 unspecified atom stereocenters.